The van der Waals surface area contributed by atoms with Gasteiger partial charge in [-0.2, -0.15) is 0 Å². The predicted molar refractivity (Wildman–Crippen MR) is 230 cm³/mol. The molecule has 0 aliphatic carbocycles. The second kappa shape index (κ2) is 20.8. The number of esters is 1. The summed E-state index contributed by atoms with van der Waals surface area (Å²) in [4.78, 5) is 27.6. The van der Waals surface area contributed by atoms with Crippen molar-refractivity contribution in [3.63, 3.8) is 0 Å². The number of nitrogens with zero attached hydrogens (tertiary/aromatic N) is 2. The van der Waals surface area contributed by atoms with E-state index in [0.29, 0.717) is 26.2 Å². The van der Waals surface area contributed by atoms with E-state index in [9.17, 15) is 31.5 Å². The largest absolute Gasteiger partial charge is 1.00 e. The van der Waals surface area contributed by atoms with Crippen LogP contribution in [0.4, 0.5) is 0 Å². The number of carbonyl (C=O) groups is 2. The molecule has 2 heterocycles. The number of methoxy groups -OCH3 is 1. The number of hydrogen-bond donors (Lipinski definition) is 1. The third kappa shape index (κ3) is 11.9. The van der Waals surface area contributed by atoms with Crippen molar-refractivity contribution in [2.24, 2.45) is 0 Å². The Morgan fingerprint density at radius 3 is 1.20 bits per heavy atom. The molecule has 0 saturated carbocycles. The molecule has 6 rings (SSSR count). The number of aliphatic carboxylic acids is 1. The third-order valence-electron chi connectivity index (χ3n) is 11.1. The van der Waals surface area contributed by atoms with Crippen molar-refractivity contribution in [1.29, 1.82) is 0 Å². The van der Waals surface area contributed by atoms with Crippen molar-refractivity contribution in [1.82, 2.24) is 9.80 Å². The molecule has 0 spiro atoms. The number of hydrogen-bond acceptors (Lipinski definition) is 10. The molecule has 4 aromatic rings. The molecule has 2 atom stereocenters. The molecule has 2 N–H and O–H groups in total. The summed E-state index contributed by atoms with van der Waals surface area (Å²) >= 11 is 0. The van der Waals surface area contributed by atoms with Gasteiger partial charge in [-0.25, -0.2) is 16.8 Å². The number of carboxylic acids is 1. The molecule has 0 saturated heterocycles. The van der Waals surface area contributed by atoms with E-state index in [-0.39, 0.29) is 37.4 Å². The van der Waals surface area contributed by atoms with E-state index in [1.54, 1.807) is 0 Å². The molecular weight excluding hydrogens is 784 g/mol. The van der Waals surface area contributed by atoms with Crippen LogP contribution in [0.15, 0.2) is 121 Å². The second-order valence-electron chi connectivity index (χ2n) is 15.1. The molecule has 0 fully saturated rings. The van der Waals surface area contributed by atoms with Crippen LogP contribution in [0.2, 0.25) is 0 Å². The maximum Gasteiger partial charge on any atom is 1.00 e. The Kier molecular flexibility index (Phi) is 17.3. The monoisotopic (exact) mass is 836 g/mol. The smallest absolute Gasteiger partial charge is 0.870 e. The van der Waals surface area contributed by atoms with Gasteiger partial charge >= 0.3 is 30.8 Å². The molecule has 2 aliphatic heterocycles. The zero-order valence-electron chi connectivity index (χ0n) is 34.7. The molecule has 0 radical (unpaired) electrons. The van der Waals surface area contributed by atoms with Crippen LogP contribution in [0.25, 0.3) is 33.4 Å². The Labute approximate surface area is 361 Å². The Morgan fingerprint density at radius 1 is 0.593 bits per heavy atom. The van der Waals surface area contributed by atoms with Crippen molar-refractivity contribution in [3.05, 3.63) is 132 Å². The summed E-state index contributed by atoms with van der Waals surface area (Å²) in [5.41, 5.74) is 9.44. The molecule has 11 nitrogen and oxygen atoms in total. The SMILES string of the molecule is CC(CN1CC=C(c2ccc(-c3ccccc3)cc2)CC1)(C(=O)O)S(C)(=O)=O.COC(=O)C(C)(CN1CC=C(c2ccc(-c3ccccc3)cc2)CC1)S(C)(=O)=O.[Li+].[OH-]. The number of carbonyl (C=O) groups excluding carboxylic acids is 1. The van der Waals surface area contributed by atoms with Crippen LogP contribution >= 0.6 is 0 Å². The van der Waals surface area contributed by atoms with Gasteiger partial charge in [-0.15, -0.1) is 0 Å². The normalized spacial score (nSPS) is 16.8. The number of sulfone groups is 2. The van der Waals surface area contributed by atoms with Gasteiger partial charge in [0.2, 0.25) is 0 Å². The van der Waals surface area contributed by atoms with Crippen molar-refractivity contribution in [3.8, 4) is 22.3 Å². The van der Waals surface area contributed by atoms with Crippen LogP contribution in [-0.2, 0) is 34.0 Å². The molecule has 0 aromatic heterocycles. The van der Waals surface area contributed by atoms with Crippen molar-refractivity contribution in [2.75, 3.05) is 58.9 Å². The van der Waals surface area contributed by atoms with Crippen LogP contribution in [0.5, 0.6) is 0 Å². The molecule has 2 unspecified atom stereocenters. The average molecular weight is 837 g/mol. The summed E-state index contributed by atoms with van der Waals surface area (Å²) in [6.45, 7) is 5.28. The van der Waals surface area contributed by atoms with Gasteiger partial charge in [0.05, 0.1) is 7.11 Å². The van der Waals surface area contributed by atoms with Gasteiger partial charge in [-0.1, -0.05) is 121 Å². The van der Waals surface area contributed by atoms with Gasteiger partial charge in [0.15, 0.2) is 29.2 Å². The molecule has 0 amide bonds. The fourth-order valence-electron chi connectivity index (χ4n) is 6.99. The van der Waals surface area contributed by atoms with Crippen LogP contribution in [-0.4, -0.2) is 118 Å². The van der Waals surface area contributed by atoms with Crippen LogP contribution in [0.1, 0.15) is 37.8 Å². The van der Waals surface area contributed by atoms with Crippen molar-refractivity contribution < 1.29 is 60.6 Å². The van der Waals surface area contributed by atoms with E-state index in [1.165, 1.54) is 54.4 Å². The fourth-order valence-corrected chi connectivity index (χ4v) is 8.53. The first-order chi connectivity index (χ1) is 26.9. The maximum atomic E-state index is 12.2. The summed E-state index contributed by atoms with van der Waals surface area (Å²) in [6.07, 6.45) is 7.80. The molecule has 0 bridgehead atoms. The first-order valence-electron chi connectivity index (χ1n) is 18.8. The summed E-state index contributed by atoms with van der Waals surface area (Å²) in [7, 11) is -6.11. The van der Waals surface area contributed by atoms with Gasteiger partial charge in [-0.3, -0.25) is 19.4 Å². The predicted octanol–water partition coefficient (Wildman–Crippen LogP) is 3.58. The maximum absolute atomic E-state index is 12.2. The first-order valence-corrected chi connectivity index (χ1v) is 22.6. The summed E-state index contributed by atoms with van der Waals surface area (Å²) in [6, 6.07) is 37.3. The fraction of sp³-hybridized carbons (Fsp3) is 0.333. The zero-order chi connectivity index (χ0) is 41.4. The van der Waals surface area contributed by atoms with Crippen molar-refractivity contribution in [2.45, 2.75) is 36.2 Å². The van der Waals surface area contributed by atoms with E-state index in [0.717, 1.165) is 36.5 Å². The standard InChI is InChI=1S/C23H27NO4S.C22H25NO4S.Li.H2O/c1-23(22(25)28-2,29(3,26)27)17-24-15-13-21(14-16-24)20-11-9-19(10-12-20)18-7-5-4-6-8-18;1-22(21(24)25,28(2,26)27)16-23-14-12-20(13-15-23)19-10-8-18(9-11-19)17-6-4-3-5-7-17;;/h4-13H,14-17H2,1-3H3;3-12H,13-16H2,1-2H3,(H,24,25);;1H2/q;;+1;/p-1. The Bertz CT molecular complexity index is 2320. The minimum atomic E-state index is -3.72. The van der Waals surface area contributed by atoms with E-state index < -0.39 is 41.1 Å². The molecule has 14 heteroatoms. The molecule has 2 aliphatic rings. The zero-order valence-corrected chi connectivity index (χ0v) is 36.3. The van der Waals surface area contributed by atoms with Crippen LogP contribution in [0, 0.1) is 0 Å². The number of rotatable bonds is 12. The van der Waals surface area contributed by atoms with E-state index in [4.69, 9.17) is 4.74 Å². The van der Waals surface area contributed by atoms with E-state index in [1.807, 2.05) is 46.2 Å². The van der Waals surface area contributed by atoms with Crippen LogP contribution < -0.4 is 18.9 Å². The average Bonchev–Trinajstić information content (AvgIpc) is 3.21. The summed E-state index contributed by atoms with van der Waals surface area (Å²) in [5, 5.41) is 9.43. The molecular formula is C45H53LiN2O9S2. The molecule has 4 aromatic carbocycles. The number of benzene rings is 4. The number of carboxylic acid groups (broad SMARTS) is 1. The van der Waals surface area contributed by atoms with Gasteiger partial charge in [-0.05, 0) is 71.2 Å². The molecule has 310 valence electrons. The number of ether oxygens (including phenoxy) is 1. The van der Waals surface area contributed by atoms with E-state index in [2.05, 4.69) is 84.9 Å². The minimum absolute atomic E-state index is 0. The second-order valence-corrected chi connectivity index (χ2v) is 20.0. The van der Waals surface area contributed by atoms with E-state index >= 15 is 0 Å². The Morgan fingerprint density at radius 2 is 0.915 bits per heavy atom. The topological polar surface area (TPSA) is 168 Å². The summed E-state index contributed by atoms with van der Waals surface area (Å²) in [5.74, 6) is -2.02. The van der Waals surface area contributed by atoms with Gasteiger partial charge in [0, 0.05) is 51.8 Å². The van der Waals surface area contributed by atoms with Gasteiger partial charge in [0.1, 0.15) is 0 Å². The quantitative estimate of drug-likeness (QED) is 0.164. The first kappa shape index (κ1) is 49.0. The minimum Gasteiger partial charge on any atom is -0.870 e. The summed E-state index contributed by atoms with van der Waals surface area (Å²) < 4.78 is 49.8. The molecule has 59 heavy (non-hydrogen) atoms. The third-order valence-corrected chi connectivity index (χ3v) is 14.9. The Balaban J connectivity index is 0.000000305. The van der Waals surface area contributed by atoms with Gasteiger partial charge < -0.3 is 15.3 Å². The Hall–Kier alpha value is -4.32. The van der Waals surface area contributed by atoms with Gasteiger partial charge in [0.25, 0.3) is 0 Å². The van der Waals surface area contributed by atoms with Crippen molar-refractivity contribution >= 4 is 42.8 Å². The van der Waals surface area contributed by atoms with Crippen LogP contribution in [0.3, 0.4) is 0 Å².